The molecule has 0 atom stereocenters. The van der Waals surface area contributed by atoms with E-state index in [1.165, 1.54) is 14.2 Å². The molecular formula is C18H18O7. The first-order valence-corrected chi connectivity index (χ1v) is 7.38. The Hall–Kier alpha value is -3.22. The molecule has 0 radical (unpaired) electrons. The molecule has 0 aliphatic carbocycles. The maximum atomic E-state index is 10.9. The number of rotatable bonds is 8. The van der Waals surface area contributed by atoms with Gasteiger partial charge in [-0.3, -0.25) is 9.59 Å². The second-order valence-electron chi connectivity index (χ2n) is 5.21. The van der Waals surface area contributed by atoms with Crippen molar-refractivity contribution in [3.63, 3.8) is 0 Å². The van der Waals surface area contributed by atoms with Crippen LogP contribution in [0.15, 0.2) is 36.4 Å². The molecule has 25 heavy (non-hydrogen) atoms. The van der Waals surface area contributed by atoms with E-state index in [1.54, 1.807) is 36.4 Å². The Balaban J connectivity index is 2.34. The fraction of sp³-hybridized carbons (Fsp3) is 0.222. The van der Waals surface area contributed by atoms with Crippen LogP contribution in [0.5, 0.6) is 23.0 Å². The number of ether oxygens (including phenoxy) is 3. The number of aliphatic carboxylic acids is 2. The monoisotopic (exact) mass is 346 g/mol. The number of carboxylic acids is 2. The van der Waals surface area contributed by atoms with E-state index in [0.717, 1.165) is 0 Å². The normalized spacial score (nSPS) is 10.2. The fourth-order valence-electron chi connectivity index (χ4n) is 2.28. The Morgan fingerprint density at radius 2 is 1.24 bits per heavy atom. The second kappa shape index (κ2) is 8.05. The summed E-state index contributed by atoms with van der Waals surface area (Å²) < 4.78 is 16.3. The molecule has 0 aromatic heterocycles. The highest BCUT2D eigenvalue weighted by Crippen LogP contribution is 2.37. The summed E-state index contributed by atoms with van der Waals surface area (Å²) in [6.07, 6.45) is -0.275. The molecule has 0 spiro atoms. The van der Waals surface area contributed by atoms with E-state index < -0.39 is 11.9 Å². The van der Waals surface area contributed by atoms with Gasteiger partial charge >= 0.3 is 11.9 Å². The van der Waals surface area contributed by atoms with Crippen LogP contribution in [0.1, 0.15) is 11.1 Å². The van der Waals surface area contributed by atoms with Crippen molar-refractivity contribution in [2.75, 3.05) is 14.2 Å². The van der Waals surface area contributed by atoms with E-state index >= 15 is 0 Å². The first kappa shape index (κ1) is 18.1. The zero-order valence-electron chi connectivity index (χ0n) is 13.8. The third-order valence-corrected chi connectivity index (χ3v) is 3.39. The summed E-state index contributed by atoms with van der Waals surface area (Å²) in [5.74, 6) is -0.395. The van der Waals surface area contributed by atoms with Gasteiger partial charge in [0.05, 0.1) is 27.1 Å². The summed E-state index contributed by atoms with van der Waals surface area (Å²) in [6.45, 7) is 0. The van der Waals surface area contributed by atoms with Crippen molar-refractivity contribution < 1.29 is 34.0 Å². The molecule has 2 rings (SSSR count). The van der Waals surface area contributed by atoms with Gasteiger partial charge in [-0.25, -0.2) is 0 Å². The topological polar surface area (TPSA) is 102 Å². The SMILES string of the molecule is COc1cc(CC(=O)O)ccc1Oc1cc(CC(=O)O)ccc1OC. The van der Waals surface area contributed by atoms with Crippen molar-refractivity contribution in [1.29, 1.82) is 0 Å². The van der Waals surface area contributed by atoms with Crippen LogP contribution in [0.25, 0.3) is 0 Å². The largest absolute Gasteiger partial charge is 0.493 e. The van der Waals surface area contributed by atoms with Gasteiger partial charge in [-0.15, -0.1) is 0 Å². The van der Waals surface area contributed by atoms with E-state index in [-0.39, 0.29) is 12.8 Å². The van der Waals surface area contributed by atoms with E-state index in [9.17, 15) is 9.59 Å². The lowest BCUT2D eigenvalue weighted by Crippen LogP contribution is -2.02. The van der Waals surface area contributed by atoms with Gasteiger partial charge in [-0.1, -0.05) is 12.1 Å². The first-order chi connectivity index (χ1) is 11.9. The lowest BCUT2D eigenvalue weighted by molar-refractivity contribution is -0.137. The van der Waals surface area contributed by atoms with Crippen LogP contribution in [-0.2, 0) is 22.4 Å². The van der Waals surface area contributed by atoms with Gasteiger partial charge in [0.15, 0.2) is 23.0 Å². The summed E-state index contributed by atoms with van der Waals surface area (Å²) >= 11 is 0. The van der Waals surface area contributed by atoms with Crippen molar-refractivity contribution in [3.05, 3.63) is 47.5 Å². The summed E-state index contributed by atoms with van der Waals surface area (Å²) in [5.41, 5.74) is 1.13. The maximum absolute atomic E-state index is 10.9. The summed E-state index contributed by atoms with van der Waals surface area (Å²) in [4.78, 5) is 21.7. The van der Waals surface area contributed by atoms with Crippen molar-refractivity contribution in [1.82, 2.24) is 0 Å². The standard InChI is InChI=1S/C18H18O7/c1-23-13-5-3-12(10-18(21)22)8-16(13)25-14-6-4-11(9-17(19)20)7-15(14)24-2/h3-8H,9-10H2,1-2H3,(H,19,20)(H,21,22). The Morgan fingerprint density at radius 1 is 0.760 bits per heavy atom. The maximum Gasteiger partial charge on any atom is 0.307 e. The summed E-state index contributed by atoms with van der Waals surface area (Å²) in [7, 11) is 2.93. The molecule has 0 aliphatic heterocycles. The highest BCUT2D eigenvalue weighted by atomic mass is 16.5. The molecule has 0 heterocycles. The van der Waals surface area contributed by atoms with Gasteiger partial charge in [0.25, 0.3) is 0 Å². The number of hydrogen-bond donors (Lipinski definition) is 2. The molecule has 0 saturated heterocycles. The third-order valence-electron chi connectivity index (χ3n) is 3.39. The second-order valence-corrected chi connectivity index (χ2v) is 5.21. The van der Waals surface area contributed by atoms with Crippen LogP contribution in [0.3, 0.4) is 0 Å². The molecule has 2 N–H and O–H groups in total. The molecule has 7 heteroatoms. The van der Waals surface area contributed by atoms with Crippen molar-refractivity contribution in [3.8, 4) is 23.0 Å². The van der Waals surface area contributed by atoms with Crippen LogP contribution in [0.4, 0.5) is 0 Å². The highest BCUT2D eigenvalue weighted by molar-refractivity contribution is 5.71. The molecule has 0 bridgehead atoms. The first-order valence-electron chi connectivity index (χ1n) is 7.38. The van der Waals surface area contributed by atoms with E-state index in [4.69, 9.17) is 24.4 Å². The molecule has 7 nitrogen and oxygen atoms in total. The summed E-state index contributed by atoms with van der Waals surface area (Å²) in [6, 6.07) is 9.65. The van der Waals surface area contributed by atoms with Crippen LogP contribution in [0.2, 0.25) is 0 Å². The van der Waals surface area contributed by atoms with Gasteiger partial charge in [0.1, 0.15) is 0 Å². The van der Waals surface area contributed by atoms with Crippen LogP contribution in [0, 0.1) is 0 Å². The minimum atomic E-state index is -0.952. The van der Waals surface area contributed by atoms with Crippen molar-refractivity contribution >= 4 is 11.9 Å². The molecule has 0 saturated carbocycles. The zero-order valence-corrected chi connectivity index (χ0v) is 13.8. The molecule has 132 valence electrons. The predicted molar refractivity (Wildman–Crippen MR) is 88.7 cm³/mol. The van der Waals surface area contributed by atoms with Gasteiger partial charge in [0.2, 0.25) is 0 Å². The number of benzene rings is 2. The Labute approximate surface area is 144 Å². The Bertz CT molecular complexity index is 783. The van der Waals surface area contributed by atoms with Crippen molar-refractivity contribution in [2.24, 2.45) is 0 Å². The molecule has 2 aromatic carbocycles. The Kier molecular flexibility index (Phi) is 5.84. The smallest absolute Gasteiger partial charge is 0.307 e. The number of carbonyl (C=O) groups is 2. The predicted octanol–water partition coefficient (Wildman–Crippen LogP) is 2.75. The van der Waals surface area contributed by atoms with Crippen LogP contribution >= 0.6 is 0 Å². The fourth-order valence-corrected chi connectivity index (χ4v) is 2.28. The molecule has 0 fully saturated rings. The molecule has 0 aliphatic rings. The van der Waals surface area contributed by atoms with Crippen molar-refractivity contribution in [2.45, 2.75) is 12.8 Å². The average Bonchev–Trinajstić information content (AvgIpc) is 2.55. The van der Waals surface area contributed by atoms with Crippen LogP contribution < -0.4 is 14.2 Å². The third kappa shape index (κ3) is 4.87. The summed E-state index contributed by atoms with van der Waals surface area (Å²) in [5, 5.41) is 17.8. The molecule has 0 amide bonds. The van der Waals surface area contributed by atoms with Gasteiger partial charge in [0, 0.05) is 0 Å². The molecule has 2 aromatic rings. The highest BCUT2D eigenvalue weighted by Gasteiger charge is 2.13. The minimum Gasteiger partial charge on any atom is -0.493 e. The average molecular weight is 346 g/mol. The van der Waals surface area contributed by atoms with Gasteiger partial charge in [-0.2, -0.15) is 0 Å². The number of hydrogen-bond acceptors (Lipinski definition) is 5. The van der Waals surface area contributed by atoms with E-state index in [1.807, 2.05) is 0 Å². The molecular weight excluding hydrogens is 328 g/mol. The van der Waals surface area contributed by atoms with Crippen LogP contribution in [-0.4, -0.2) is 36.4 Å². The van der Waals surface area contributed by atoms with E-state index in [0.29, 0.717) is 34.1 Å². The lowest BCUT2D eigenvalue weighted by Gasteiger charge is -2.14. The zero-order chi connectivity index (χ0) is 18.4. The quantitative estimate of drug-likeness (QED) is 0.757. The lowest BCUT2D eigenvalue weighted by atomic mass is 10.1. The number of carboxylic acid groups (broad SMARTS) is 2. The number of methoxy groups -OCH3 is 2. The minimum absolute atomic E-state index is 0.131. The molecule has 0 unspecified atom stereocenters. The van der Waals surface area contributed by atoms with Gasteiger partial charge < -0.3 is 24.4 Å². The van der Waals surface area contributed by atoms with Gasteiger partial charge in [-0.05, 0) is 35.4 Å². The Morgan fingerprint density at radius 3 is 1.72 bits per heavy atom. The van der Waals surface area contributed by atoms with E-state index in [2.05, 4.69) is 0 Å².